The summed E-state index contributed by atoms with van der Waals surface area (Å²) in [7, 11) is 0. The zero-order valence-corrected chi connectivity index (χ0v) is 9.87. The number of amides is 1. The minimum absolute atomic E-state index is 0.238. The van der Waals surface area contributed by atoms with Crippen LogP contribution in [0.2, 0.25) is 0 Å². The zero-order chi connectivity index (χ0) is 12.8. The van der Waals surface area contributed by atoms with Crippen LogP contribution in [0.3, 0.4) is 0 Å². The monoisotopic (exact) mass is 240 g/mol. The molecule has 90 valence electrons. The third-order valence-corrected chi connectivity index (χ3v) is 2.31. The summed E-state index contributed by atoms with van der Waals surface area (Å²) in [5.74, 6) is -0.376. The van der Waals surface area contributed by atoms with Crippen LogP contribution in [-0.4, -0.2) is 21.6 Å². The lowest BCUT2D eigenvalue weighted by Gasteiger charge is -2.01. The Kier molecular flexibility index (Phi) is 3.76. The summed E-state index contributed by atoms with van der Waals surface area (Å²) in [5, 5.41) is 4.02. The number of aromatic nitrogens is 2. The molecule has 5 nitrogen and oxygen atoms in total. The van der Waals surface area contributed by atoms with Gasteiger partial charge in [0.2, 0.25) is 0 Å². The number of benzene rings is 1. The summed E-state index contributed by atoms with van der Waals surface area (Å²) in [6, 6.07) is 9.60. The Hall–Kier alpha value is -2.56. The fraction of sp³-hybridized carbons (Fsp3) is 0.0769. The van der Waals surface area contributed by atoms with E-state index in [4.69, 9.17) is 0 Å². The Labute approximate surface area is 105 Å². The first kappa shape index (κ1) is 11.9. The van der Waals surface area contributed by atoms with Gasteiger partial charge in [0.05, 0.1) is 11.9 Å². The van der Waals surface area contributed by atoms with Crippen molar-refractivity contribution >= 4 is 11.6 Å². The highest BCUT2D eigenvalue weighted by atomic mass is 16.2. The fourth-order valence-electron chi connectivity index (χ4n) is 1.35. The van der Waals surface area contributed by atoms with Crippen LogP contribution in [-0.2, 0) is 0 Å². The highest BCUT2D eigenvalue weighted by Crippen LogP contribution is 2.00. The van der Waals surface area contributed by atoms with E-state index >= 15 is 0 Å². The van der Waals surface area contributed by atoms with Crippen LogP contribution >= 0.6 is 0 Å². The van der Waals surface area contributed by atoms with E-state index in [1.165, 1.54) is 18.6 Å². The van der Waals surface area contributed by atoms with Gasteiger partial charge in [-0.25, -0.2) is 10.4 Å². The predicted octanol–water partition coefficient (Wildman–Crippen LogP) is 1.63. The molecule has 2 aromatic rings. The van der Waals surface area contributed by atoms with Crippen LogP contribution in [0.4, 0.5) is 0 Å². The molecule has 1 aromatic heterocycles. The quantitative estimate of drug-likeness (QED) is 0.655. The largest absolute Gasteiger partial charge is 0.291 e. The maximum Gasteiger partial charge on any atom is 0.291 e. The molecule has 0 atom stereocenters. The summed E-state index contributed by atoms with van der Waals surface area (Å²) in [6.45, 7) is 1.83. The minimum Gasteiger partial charge on any atom is -0.265 e. The Bertz CT molecular complexity index is 552. The lowest BCUT2D eigenvalue weighted by Crippen LogP contribution is -2.20. The first-order valence-electron chi connectivity index (χ1n) is 5.43. The van der Waals surface area contributed by atoms with Crippen molar-refractivity contribution < 1.29 is 4.79 Å². The molecule has 0 saturated heterocycles. The number of carbonyl (C=O) groups excluding carboxylic acids is 1. The summed E-state index contributed by atoms with van der Waals surface area (Å²) in [6.07, 6.45) is 4.36. The number of hydrazone groups is 1. The van der Waals surface area contributed by atoms with E-state index in [2.05, 4.69) is 20.5 Å². The molecule has 1 aromatic carbocycles. The maximum absolute atomic E-state index is 11.7. The lowest BCUT2D eigenvalue weighted by molar-refractivity contribution is 0.0949. The van der Waals surface area contributed by atoms with Crippen molar-refractivity contribution in [3.8, 4) is 0 Å². The smallest absolute Gasteiger partial charge is 0.265 e. The SMILES string of the molecule is C/C(=N/NC(=O)c1cnccn1)c1ccccc1. The molecule has 1 N–H and O–H groups in total. The van der Waals surface area contributed by atoms with Crippen molar-refractivity contribution in [3.05, 3.63) is 60.2 Å². The van der Waals surface area contributed by atoms with Gasteiger partial charge in [-0.2, -0.15) is 5.10 Å². The first-order valence-corrected chi connectivity index (χ1v) is 5.43. The standard InChI is InChI=1S/C13H12N4O/c1-10(11-5-3-2-4-6-11)16-17-13(18)12-9-14-7-8-15-12/h2-9H,1H3,(H,17,18)/b16-10-. The van der Waals surface area contributed by atoms with Crippen molar-refractivity contribution in [2.24, 2.45) is 5.10 Å². The van der Waals surface area contributed by atoms with Crippen molar-refractivity contribution in [1.29, 1.82) is 0 Å². The van der Waals surface area contributed by atoms with Gasteiger partial charge in [-0.3, -0.25) is 9.78 Å². The van der Waals surface area contributed by atoms with Gasteiger partial charge >= 0.3 is 0 Å². The summed E-state index contributed by atoms with van der Waals surface area (Å²) in [4.78, 5) is 19.4. The van der Waals surface area contributed by atoms with Gasteiger partial charge in [0.15, 0.2) is 0 Å². The van der Waals surface area contributed by atoms with Gasteiger partial charge in [-0.15, -0.1) is 0 Å². The van der Waals surface area contributed by atoms with Crippen LogP contribution in [0.25, 0.3) is 0 Å². The van der Waals surface area contributed by atoms with E-state index in [0.29, 0.717) is 0 Å². The second kappa shape index (κ2) is 5.67. The molecule has 5 heteroatoms. The Morgan fingerprint density at radius 1 is 1.22 bits per heavy atom. The van der Waals surface area contributed by atoms with Crippen LogP contribution in [0.5, 0.6) is 0 Å². The van der Waals surface area contributed by atoms with E-state index in [1.807, 2.05) is 37.3 Å². The molecular formula is C13H12N4O. The highest BCUT2D eigenvalue weighted by molar-refractivity contribution is 6.00. The molecule has 18 heavy (non-hydrogen) atoms. The lowest BCUT2D eigenvalue weighted by atomic mass is 10.1. The predicted molar refractivity (Wildman–Crippen MR) is 68.2 cm³/mol. The second-order valence-electron chi connectivity index (χ2n) is 3.59. The van der Waals surface area contributed by atoms with Crippen LogP contribution in [0.1, 0.15) is 23.0 Å². The van der Waals surface area contributed by atoms with Gasteiger partial charge < -0.3 is 0 Å². The molecule has 0 saturated carbocycles. The van der Waals surface area contributed by atoms with Crippen molar-refractivity contribution in [2.75, 3.05) is 0 Å². The molecule has 0 aliphatic heterocycles. The third-order valence-electron chi connectivity index (χ3n) is 2.31. The minimum atomic E-state index is -0.376. The average Bonchev–Trinajstić information content (AvgIpc) is 2.46. The van der Waals surface area contributed by atoms with E-state index < -0.39 is 0 Å². The Morgan fingerprint density at radius 3 is 2.67 bits per heavy atom. The fourth-order valence-corrected chi connectivity index (χ4v) is 1.35. The summed E-state index contributed by atoms with van der Waals surface area (Å²) in [5.41, 5.74) is 4.37. The van der Waals surface area contributed by atoms with Crippen LogP contribution in [0, 0.1) is 0 Å². The van der Waals surface area contributed by atoms with Crippen LogP contribution < -0.4 is 5.43 Å². The Morgan fingerprint density at radius 2 is 2.00 bits per heavy atom. The number of nitrogens with one attached hydrogen (secondary N) is 1. The van der Waals surface area contributed by atoms with Gasteiger partial charge in [0.1, 0.15) is 5.69 Å². The second-order valence-corrected chi connectivity index (χ2v) is 3.59. The molecule has 0 spiro atoms. The number of rotatable bonds is 3. The third kappa shape index (κ3) is 2.98. The molecule has 0 aliphatic rings. The van der Waals surface area contributed by atoms with Gasteiger partial charge in [-0.05, 0) is 12.5 Å². The molecule has 0 radical (unpaired) electrons. The molecule has 0 unspecified atom stereocenters. The maximum atomic E-state index is 11.7. The molecule has 1 amide bonds. The van der Waals surface area contributed by atoms with Gasteiger partial charge in [0.25, 0.3) is 5.91 Å². The average molecular weight is 240 g/mol. The van der Waals surface area contributed by atoms with Crippen molar-refractivity contribution in [1.82, 2.24) is 15.4 Å². The van der Waals surface area contributed by atoms with Gasteiger partial charge in [-0.1, -0.05) is 30.3 Å². The molecule has 1 heterocycles. The Balaban J connectivity index is 2.05. The first-order chi connectivity index (χ1) is 8.77. The molecule has 0 aliphatic carbocycles. The van der Waals surface area contributed by atoms with E-state index in [9.17, 15) is 4.79 Å². The van der Waals surface area contributed by atoms with Crippen molar-refractivity contribution in [2.45, 2.75) is 6.92 Å². The van der Waals surface area contributed by atoms with E-state index in [-0.39, 0.29) is 11.6 Å². The molecular weight excluding hydrogens is 228 g/mol. The summed E-state index contributed by atoms with van der Waals surface area (Å²) >= 11 is 0. The van der Waals surface area contributed by atoms with E-state index in [1.54, 1.807) is 0 Å². The number of nitrogens with zero attached hydrogens (tertiary/aromatic N) is 3. The molecule has 0 bridgehead atoms. The topological polar surface area (TPSA) is 67.2 Å². The van der Waals surface area contributed by atoms with Gasteiger partial charge in [0, 0.05) is 12.4 Å². The normalized spacial score (nSPS) is 11.1. The highest BCUT2D eigenvalue weighted by Gasteiger charge is 2.05. The van der Waals surface area contributed by atoms with E-state index in [0.717, 1.165) is 11.3 Å². The number of hydrogen-bond acceptors (Lipinski definition) is 4. The zero-order valence-electron chi connectivity index (χ0n) is 9.87. The number of hydrogen-bond donors (Lipinski definition) is 1. The molecule has 2 rings (SSSR count). The molecule has 0 fully saturated rings. The van der Waals surface area contributed by atoms with Crippen LogP contribution in [0.15, 0.2) is 54.0 Å². The van der Waals surface area contributed by atoms with Crippen molar-refractivity contribution in [3.63, 3.8) is 0 Å². The summed E-state index contributed by atoms with van der Waals surface area (Å²) < 4.78 is 0. The number of carbonyl (C=O) groups is 1.